The van der Waals surface area contributed by atoms with Crippen molar-refractivity contribution in [2.24, 2.45) is 0 Å². The molecule has 1 atom stereocenters. The molecule has 0 bridgehead atoms. The molecule has 1 heterocycles. The minimum absolute atomic E-state index is 0.0508. The van der Waals surface area contributed by atoms with E-state index in [-0.39, 0.29) is 23.4 Å². The van der Waals surface area contributed by atoms with Gasteiger partial charge in [-0.05, 0) is 49.4 Å². The summed E-state index contributed by atoms with van der Waals surface area (Å²) in [6, 6.07) is 16.5. The van der Waals surface area contributed by atoms with Gasteiger partial charge >= 0.3 is 0 Å². The normalized spacial score (nSPS) is 12.4. The van der Waals surface area contributed by atoms with Crippen LogP contribution in [0.15, 0.2) is 76.2 Å². The number of hydrogen-bond acceptors (Lipinski definition) is 5. The molecule has 0 saturated heterocycles. The highest BCUT2D eigenvalue weighted by atomic mass is 32.2. The van der Waals surface area contributed by atoms with Gasteiger partial charge in [-0.1, -0.05) is 18.2 Å². The lowest BCUT2D eigenvalue weighted by molar-refractivity contribution is 0.0741. The van der Waals surface area contributed by atoms with Gasteiger partial charge in [-0.2, -0.15) is 0 Å². The van der Waals surface area contributed by atoms with Crippen LogP contribution in [0.25, 0.3) is 0 Å². The smallest absolute Gasteiger partial charge is 0.254 e. The quantitative estimate of drug-likeness (QED) is 0.592. The first-order valence-electron chi connectivity index (χ1n) is 9.35. The molecule has 1 amide bonds. The van der Waals surface area contributed by atoms with Crippen LogP contribution >= 0.6 is 0 Å². The van der Waals surface area contributed by atoms with E-state index in [4.69, 9.17) is 9.15 Å². The van der Waals surface area contributed by atoms with Crippen LogP contribution in [-0.2, 0) is 16.6 Å². The van der Waals surface area contributed by atoms with Crippen LogP contribution < -0.4 is 9.46 Å². The van der Waals surface area contributed by atoms with Gasteiger partial charge in [-0.25, -0.2) is 13.1 Å². The molecule has 0 radical (unpaired) electrons. The largest absolute Gasteiger partial charge is 0.496 e. The molecule has 0 aliphatic rings. The lowest BCUT2D eigenvalue weighted by atomic mass is 10.0. The third-order valence-electron chi connectivity index (χ3n) is 4.92. The molecule has 0 fully saturated rings. The Morgan fingerprint density at radius 2 is 1.80 bits per heavy atom. The monoisotopic (exact) mass is 428 g/mol. The number of ether oxygens (including phenoxy) is 1. The number of carbonyl (C=O) groups excluding carboxylic acids is 1. The van der Waals surface area contributed by atoms with E-state index < -0.39 is 10.0 Å². The standard InChI is InChI=1S/C22H24N2O5S/c1-16(20-8-4-5-9-21(20)28-3)24(2)22(25)17-10-12-19(13-11-17)30(26,27)23-15-18-7-6-14-29-18/h4-14,16,23H,15H2,1-3H3. The second kappa shape index (κ2) is 9.15. The number of sulfonamides is 1. The van der Waals surface area contributed by atoms with Gasteiger partial charge in [-0.15, -0.1) is 0 Å². The maximum Gasteiger partial charge on any atom is 0.254 e. The lowest BCUT2D eigenvalue weighted by Gasteiger charge is -2.26. The molecule has 3 aromatic rings. The zero-order valence-electron chi connectivity index (χ0n) is 17.0. The van der Waals surface area contributed by atoms with Crippen LogP contribution in [0.3, 0.4) is 0 Å². The fourth-order valence-electron chi connectivity index (χ4n) is 3.04. The average Bonchev–Trinajstić information content (AvgIpc) is 3.30. The van der Waals surface area contributed by atoms with Gasteiger partial charge in [0.2, 0.25) is 10.0 Å². The van der Waals surface area contributed by atoms with E-state index in [1.807, 2.05) is 31.2 Å². The van der Waals surface area contributed by atoms with Gasteiger partial charge < -0.3 is 14.1 Å². The molecular formula is C22H24N2O5S. The lowest BCUT2D eigenvalue weighted by Crippen LogP contribution is -2.30. The number of para-hydroxylation sites is 1. The first kappa shape index (κ1) is 21.6. The highest BCUT2D eigenvalue weighted by Crippen LogP contribution is 2.29. The predicted molar refractivity (Wildman–Crippen MR) is 113 cm³/mol. The van der Waals surface area contributed by atoms with Crippen molar-refractivity contribution in [2.75, 3.05) is 14.2 Å². The molecule has 3 rings (SSSR count). The van der Waals surface area contributed by atoms with Gasteiger partial charge in [0.05, 0.1) is 30.9 Å². The molecule has 0 saturated carbocycles. The molecule has 8 heteroatoms. The Morgan fingerprint density at radius 3 is 2.43 bits per heavy atom. The minimum Gasteiger partial charge on any atom is -0.496 e. The summed E-state index contributed by atoms with van der Waals surface area (Å²) in [6.07, 6.45) is 1.48. The highest BCUT2D eigenvalue weighted by Gasteiger charge is 2.22. The Kier molecular flexibility index (Phi) is 6.59. The Balaban J connectivity index is 1.72. The van der Waals surface area contributed by atoms with E-state index >= 15 is 0 Å². The van der Waals surface area contributed by atoms with Gasteiger partial charge in [0.15, 0.2) is 0 Å². The molecule has 7 nitrogen and oxygen atoms in total. The Labute approximate surface area is 176 Å². The second-order valence-electron chi connectivity index (χ2n) is 6.76. The Bertz CT molecular complexity index is 1090. The molecule has 158 valence electrons. The van der Waals surface area contributed by atoms with E-state index in [1.54, 1.807) is 31.2 Å². The topological polar surface area (TPSA) is 88.8 Å². The zero-order valence-corrected chi connectivity index (χ0v) is 17.8. The summed E-state index contributed by atoms with van der Waals surface area (Å²) >= 11 is 0. The molecule has 1 unspecified atom stereocenters. The first-order valence-corrected chi connectivity index (χ1v) is 10.8. The van der Waals surface area contributed by atoms with Crippen LogP contribution in [0.2, 0.25) is 0 Å². The van der Waals surface area contributed by atoms with Crippen LogP contribution in [0.5, 0.6) is 5.75 Å². The third-order valence-corrected chi connectivity index (χ3v) is 6.34. The Hall–Kier alpha value is -3.10. The third kappa shape index (κ3) is 4.72. The highest BCUT2D eigenvalue weighted by molar-refractivity contribution is 7.89. The Morgan fingerprint density at radius 1 is 1.10 bits per heavy atom. The summed E-state index contributed by atoms with van der Waals surface area (Å²) < 4.78 is 37.9. The molecule has 1 N–H and O–H groups in total. The summed E-state index contributed by atoms with van der Waals surface area (Å²) in [7, 11) is -0.426. The van der Waals surface area contributed by atoms with Crippen LogP contribution in [0.1, 0.15) is 34.6 Å². The number of hydrogen-bond donors (Lipinski definition) is 1. The van der Waals surface area contributed by atoms with Crippen molar-refractivity contribution in [2.45, 2.75) is 24.4 Å². The summed E-state index contributed by atoms with van der Waals surface area (Å²) in [5, 5.41) is 0. The van der Waals surface area contributed by atoms with E-state index in [0.29, 0.717) is 17.1 Å². The molecule has 2 aromatic carbocycles. The fraction of sp³-hybridized carbons (Fsp3) is 0.227. The zero-order chi connectivity index (χ0) is 21.7. The molecule has 0 spiro atoms. The summed E-state index contributed by atoms with van der Waals surface area (Å²) in [6.45, 7) is 1.96. The van der Waals surface area contributed by atoms with Gasteiger partial charge in [0.1, 0.15) is 11.5 Å². The number of rotatable bonds is 8. The van der Waals surface area contributed by atoms with E-state index in [9.17, 15) is 13.2 Å². The first-order chi connectivity index (χ1) is 14.3. The fourth-order valence-corrected chi connectivity index (χ4v) is 4.03. The average molecular weight is 429 g/mol. The molecule has 1 aromatic heterocycles. The maximum absolute atomic E-state index is 12.9. The van der Waals surface area contributed by atoms with Crippen molar-refractivity contribution < 1.29 is 22.4 Å². The van der Waals surface area contributed by atoms with Crippen molar-refractivity contribution in [1.29, 1.82) is 0 Å². The number of benzene rings is 2. The van der Waals surface area contributed by atoms with E-state index in [0.717, 1.165) is 5.56 Å². The van der Waals surface area contributed by atoms with Crippen molar-refractivity contribution >= 4 is 15.9 Å². The number of furan rings is 1. The van der Waals surface area contributed by atoms with Crippen molar-refractivity contribution in [3.05, 3.63) is 83.8 Å². The van der Waals surface area contributed by atoms with E-state index in [2.05, 4.69) is 4.72 Å². The number of carbonyl (C=O) groups is 1. The molecular weight excluding hydrogens is 404 g/mol. The molecule has 30 heavy (non-hydrogen) atoms. The number of methoxy groups -OCH3 is 1. The van der Waals surface area contributed by atoms with Crippen molar-refractivity contribution in [1.82, 2.24) is 9.62 Å². The second-order valence-corrected chi connectivity index (χ2v) is 8.53. The summed E-state index contributed by atoms with van der Waals surface area (Å²) in [4.78, 5) is 14.6. The van der Waals surface area contributed by atoms with Crippen LogP contribution in [-0.4, -0.2) is 33.4 Å². The van der Waals surface area contributed by atoms with Gasteiger partial charge in [0.25, 0.3) is 5.91 Å². The maximum atomic E-state index is 12.9. The number of nitrogens with one attached hydrogen (secondary N) is 1. The number of nitrogens with zero attached hydrogens (tertiary/aromatic N) is 1. The molecule has 0 aliphatic carbocycles. The van der Waals surface area contributed by atoms with Crippen LogP contribution in [0, 0.1) is 0 Å². The van der Waals surface area contributed by atoms with E-state index in [1.165, 1.54) is 30.5 Å². The SMILES string of the molecule is COc1ccccc1C(C)N(C)C(=O)c1ccc(S(=O)(=O)NCc2ccco2)cc1. The predicted octanol–water partition coefficient (Wildman–Crippen LogP) is 3.60. The van der Waals surface area contributed by atoms with Crippen molar-refractivity contribution in [3.8, 4) is 5.75 Å². The minimum atomic E-state index is -3.72. The van der Waals surface area contributed by atoms with Crippen molar-refractivity contribution in [3.63, 3.8) is 0 Å². The number of amides is 1. The summed E-state index contributed by atoms with van der Waals surface area (Å²) in [5.41, 5.74) is 1.28. The van der Waals surface area contributed by atoms with Gasteiger partial charge in [0, 0.05) is 18.2 Å². The van der Waals surface area contributed by atoms with Crippen LogP contribution in [0.4, 0.5) is 0 Å². The summed E-state index contributed by atoms with van der Waals surface area (Å²) in [5.74, 6) is 0.993. The van der Waals surface area contributed by atoms with Gasteiger partial charge in [-0.3, -0.25) is 4.79 Å². The molecule has 0 aliphatic heterocycles.